The molecule has 0 radical (unpaired) electrons. The maximum Gasteiger partial charge on any atom is 0.100 e. The maximum atomic E-state index is 12.9. The Balaban J connectivity index is 1.81. The summed E-state index contributed by atoms with van der Waals surface area (Å²) in [5.74, 6) is 1.70. The molecule has 1 heterocycles. The van der Waals surface area contributed by atoms with Crippen LogP contribution in [-0.2, 0) is 0 Å². The minimum atomic E-state index is -0.490. The van der Waals surface area contributed by atoms with E-state index in [0.29, 0.717) is 0 Å². The van der Waals surface area contributed by atoms with Gasteiger partial charge in [-0.15, -0.1) is 0 Å². The van der Waals surface area contributed by atoms with Crippen molar-refractivity contribution < 1.29 is 4.39 Å². The zero-order valence-corrected chi connectivity index (χ0v) is 8.51. The van der Waals surface area contributed by atoms with Gasteiger partial charge in [0.1, 0.15) is 6.17 Å². The number of hydrogen-bond acceptors (Lipinski definition) is 1. The van der Waals surface area contributed by atoms with Gasteiger partial charge in [0.05, 0.1) is 0 Å². The Bertz CT molecular complexity index is 163. The first-order valence-corrected chi connectivity index (χ1v) is 5.58. The number of halogens is 1. The largest absolute Gasteiger partial charge is 0.306 e. The van der Waals surface area contributed by atoms with Gasteiger partial charge >= 0.3 is 0 Å². The van der Waals surface area contributed by atoms with E-state index >= 15 is 0 Å². The molecule has 0 amide bonds. The lowest BCUT2D eigenvalue weighted by molar-refractivity contribution is 0.167. The summed E-state index contributed by atoms with van der Waals surface area (Å²) in [5, 5.41) is 0. The minimum Gasteiger partial charge on any atom is -0.306 e. The summed E-state index contributed by atoms with van der Waals surface area (Å²) in [6.45, 7) is 2.50. The van der Waals surface area contributed by atoms with Gasteiger partial charge in [-0.25, -0.2) is 4.39 Å². The van der Waals surface area contributed by atoms with Crippen LogP contribution >= 0.6 is 0 Å². The Morgan fingerprint density at radius 1 is 1.00 bits per heavy atom. The fraction of sp³-hybridized carbons (Fsp3) is 1.00. The second-order valence-corrected chi connectivity index (χ2v) is 4.82. The van der Waals surface area contributed by atoms with Crippen molar-refractivity contribution in [3.63, 3.8) is 0 Å². The molecular formula is C11H20FN. The third-order valence-electron chi connectivity index (χ3n) is 3.80. The predicted molar refractivity (Wildman–Crippen MR) is 52.5 cm³/mol. The van der Waals surface area contributed by atoms with Gasteiger partial charge in [-0.1, -0.05) is 0 Å². The van der Waals surface area contributed by atoms with Gasteiger partial charge in [0, 0.05) is 6.54 Å². The van der Waals surface area contributed by atoms with E-state index in [4.69, 9.17) is 0 Å². The number of alkyl halides is 1. The normalized spacial score (nSPS) is 42.5. The molecule has 1 aliphatic carbocycles. The second-order valence-electron chi connectivity index (χ2n) is 4.82. The van der Waals surface area contributed by atoms with Crippen molar-refractivity contribution in [3.8, 4) is 0 Å². The van der Waals surface area contributed by atoms with E-state index in [-0.39, 0.29) is 0 Å². The molecular weight excluding hydrogens is 165 g/mol. The highest BCUT2D eigenvalue weighted by molar-refractivity contribution is 4.83. The van der Waals surface area contributed by atoms with Crippen molar-refractivity contribution in [1.82, 2.24) is 4.90 Å². The highest BCUT2D eigenvalue weighted by Crippen LogP contribution is 2.35. The summed E-state index contributed by atoms with van der Waals surface area (Å²) in [6.07, 6.45) is 4.78. The standard InChI is InChI=1S/C11H20FN/c1-13-7-6-10(8-13)9-2-4-11(12)5-3-9/h9-11H,2-8H2,1H3. The number of rotatable bonds is 1. The summed E-state index contributed by atoms with van der Waals surface area (Å²) in [4.78, 5) is 2.41. The molecule has 0 spiro atoms. The minimum absolute atomic E-state index is 0.490. The topological polar surface area (TPSA) is 3.24 Å². The number of likely N-dealkylation sites (tertiary alicyclic amines) is 1. The van der Waals surface area contributed by atoms with Crippen LogP contribution in [-0.4, -0.2) is 31.2 Å². The van der Waals surface area contributed by atoms with E-state index in [1.807, 2.05) is 0 Å². The highest BCUT2D eigenvalue weighted by atomic mass is 19.1. The first-order chi connectivity index (χ1) is 6.25. The molecule has 1 atom stereocenters. The molecule has 1 unspecified atom stereocenters. The zero-order chi connectivity index (χ0) is 9.26. The van der Waals surface area contributed by atoms with Gasteiger partial charge in [-0.05, 0) is 57.5 Å². The van der Waals surface area contributed by atoms with E-state index in [0.717, 1.165) is 37.5 Å². The quantitative estimate of drug-likeness (QED) is 0.606. The maximum absolute atomic E-state index is 12.9. The molecule has 2 rings (SSSR count). The van der Waals surface area contributed by atoms with Gasteiger partial charge in [-0.2, -0.15) is 0 Å². The molecule has 1 saturated heterocycles. The van der Waals surface area contributed by atoms with Crippen LogP contribution in [0, 0.1) is 11.8 Å². The summed E-state index contributed by atoms with van der Waals surface area (Å²) in [5.41, 5.74) is 0. The lowest BCUT2D eigenvalue weighted by Crippen LogP contribution is -2.24. The Hall–Kier alpha value is -0.110. The fourth-order valence-corrected chi connectivity index (χ4v) is 2.90. The van der Waals surface area contributed by atoms with E-state index in [9.17, 15) is 4.39 Å². The summed E-state index contributed by atoms with van der Waals surface area (Å²) >= 11 is 0. The van der Waals surface area contributed by atoms with Gasteiger partial charge in [-0.3, -0.25) is 0 Å². The van der Waals surface area contributed by atoms with Gasteiger partial charge in [0.15, 0.2) is 0 Å². The third-order valence-corrected chi connectivity index (χ3v) is 3.80. The van der Waals surface area contributed by atoms with Crippen LogP contribution in [0.4, 0.5) is 4.39 Å². The van der Waals surface area contributed by atoms with Gasteiger partial charge in [0.2, 0.25) is 0 Å². The summed E-state index contributed by atoms with van der Waals surface area (Å²) < 4.78 is 12.9. The molecule has 1 nitrogen and oxygen atoms in total. The highest BCUT2D eigenvalue weighted by Gasteiger charge is 2.30. The molecule has 76 valence electrons. The Kier molecular flexibility index (Phi) is 2.87. The van der Waals surface area contributed by atoms with Gasteiger partial charge < -0.3 is 4.90 Å². The van der Waals surface area contributed by atoms with Crippen LogP contribution in [0.15, 0.2) is 0 Å². The molecule has 0 aromatic carbocycles. The van der Waals surface area contributed by atoms with Crippen molar-refractivity contribution in [2.24, 2.45) is 11.8 Å². The average Bonchev–Trinajstić information content (AvgIpc) is 2.53. The molecule has 2 fully saturated rings. The molecule has 2 aliphatic rings. The molecule has 0 aromatic rings. The first-order valence-electron chi connectivity index (χ1n) is 5.58. The molecule has 0 N–H and O–H groups in total. The van der Waals surface area contributed by atoms with Crippen molar-refractivity contribution in [3.05, 3.63) is 0 Å². The molecule has 1 aliphatic heterocycles. The van der Waals surface area contributed by atoms with Gasteiger partial charge in [0.25, 0.3) is 0 Å². The Morgan fingerprint density at radius 2 is 1.69 bits per heavy atom. The summed E-state index contributed by atoms with van der Waals surface area (Å²) in [7, 11) is 2.20. The van der Waals surface area contributed by atoms with Crippen LogP contribution in [0.5, 0.6) is 0 Å². The molecule has 13 heavy (non-hydrogen) atoms. The lowest BCUT2D eigenvalue weighted by atomic mass is 9.79. The Labute approximate surface area is 80.3 Å². The lowest BCUT2D eigenvalue weighted by Gasteiger charge is -2.28. The van der Waals surface area contributed by atoms with E-state index < -0.39 is 6.17 Å². The van der Waals surface area contributed by atoms with Crippen molar-refractivity contribution in [2.75, 3.05) is 20.1 Å². The molecule has 0 bridgehead atoms. The van der Waals surface area contributed by atoms with Crippen LogP contribution in [0.3, 0.4) is 0 Å². The molecule has 0 aromatic heterocycles. The molecule has 2 heteroatoms. The smallest absolute Gasteiger partial charge is 0.100 e. The SMILES string of the molecule is CN1CCC(C2CCC(F)CC2)C1. The number of hydrogen-bond donors (Lipinski definition) is 0. The third kappa shape index (κ3) is 2.22. The van der Waals surface area contributed by atoms with E-state index in [2.05, 4.69) is 11.9 Å². The fourth-order valence-electron chi connectivity index (χ4n) is 2.90. The molecule has 1 saturated carbocycles. The van der Waals surface area contributed by atoms with E-state index in [1.54, 1.807) is 0 Å². The van der Waals surface area contributed by atoms with Crippen LogP contribution in [0.1, 0.15) is 32.1 Å². The van der Waals surface area contributed by atoms with Crippen molar-refractivity contribution >= 4 is 0 Å². The van der Waals surface area contributed by atoms with Crippen molar-refractivity contribution in [1.29, 1.82) is 0 Å². The van der Waals surface area contributed by atoms with Crippen LogP contribution in [0.25, 0.3) is 0 Å². The first kappa shape index (κ1) is 9.45. The summed E-state index contributed by atoms with van der Waals surface area (Å²) in [6, 6.07) is 0. The number of nitrogens with zero attached hydrogens (tertiary/aromatic N) is 1. The van der Waals surface area contributed by atoms with Crippen molar-refractivity contribution in [2.45, 2.75) is 38.3 Å². The van der Waals surface area contributed by atoms with E-state index in [1.165, 1.54) is 19.5 Å². The van der Waals surface area contributed by atoms with Crippen LogP contribution in [0.2, 0.25) is 0 Å². The zero-order valence-electron chi connectivity index (χ0n) is 8.51. The monoisotopic (exact) mass is 185 g/mol. The average molecular weight is 185 g/mol. The predicted octanol–water partition coefficient (Wildman–Crippen LogP) is 2.47. The Morgan fingerprint density at radius 3 is 2.23 bits per heavy atom. The van der Waals surface area contributed by atoms with Crippen LogP contribution < -0.4 is 0 Å². The second kappa shape index (κ2) is 3.95.